The first-order valence-corrected chi connectivity index (χ1v) is 15.0. The third kappa shape index (κ3) is 9.82. The van der Waals surface area contributed by atoms with Crippen molar-refractivity contribution in [2.75, 3.05) is 31.6 Å². The summed E-state index contributed by atoms with van der Waals surface area (Å²) in [6.45, 7) is 6.66. The second-order valence-electron chi connectivity index (χ2n) is 11.3. The van der Waals surface area contributed by atoms with Crippen LogP contribution in [0.15, 0.2) is 60.7 Å². The fraction of sp³-hybridized carbons (Fsp3) is 0.382. The van der Waals surface area contributed by atoms with Gasteiger partial charge in [-0.25, -0.2) is 13.6 Å². The van der Waals surface area contributed by atoms with Crippen LogP contribution in [0.25, 0.3) is 0 Å². The molecule has 0 radical (unpaired) electrons. The second kappa shape index (κ2) is 16.1. The zero-order chi connectivity index (χ0) is 33.3. The Bertz CT molecular complexity index is 1470. The molecule has 0 saturated heterocycles. The molecule has 9 nitrogen and oxygen atoms in total. The predicted molar refractivity (Wildman–Crippen MR) is 169 cm³/mol. The number of aliphatic hydroxyl groups excluding tert-OH is 1. The molecule has 3 rings (SSSR count). The number of amides is 3. The van der Waals surface area contributed by atoms with E-state index < -0.39 is 35.8 Å². The molecule has 3 aromatic rings. The van der Waals surface area contributed by atoms with Gasteiger partial charge in [0.2, 0.25) is 0 Å². The van der Waals surface area contributed by atoms with Crippen molar-refractivity contribution in [1.82, 2.24) is 9.80 Å². The quantitative estimate of drug-likeness (QED) is 0.226. The van der Waals surface area contributed by atoms with Gasteiger partial charge in [0.05, 0.1) is 6.10 Å². The van der Waals surface area contributed by atoms with Gasteiger partial charge < -0.3 is 25.7 Å². The monoisotopic (exact) mass is 624 g/mol. The van der Waals surface area contributed by atoms with Gasteiger partial charge in [0.1, 0.15) is 11.6 Å². The number of aryl methyl sites for hydroxylation is 1. The minimum absolute atomic E-state index is 0.0203. The van der Waals surface area contributed by atoms with Crippen molar-refractivity contribution in [3.05, 3.63) is 100 Å². The van der Waals surface area contributed by atoms with Gasteiger partial charge in [-0.15, -0.1) is 0 Å². The Balaban J connectivity index is 1.96. The van der Waals surface area contributed by atoms with E-state index in [1.54, 1.807) is 54.3 Å². The summed E-state index contributed by atoms with van der Waals surface area (Å²) in [7, 11) is 1.40. The molecule has 45 heavy (non-hydrogen) atoms. The molecule has 0 unspecified atom stereocenters. The van der Waals surface area contributed by atoms with E-state index in [-0.39, 0.29) is 36.5 Å². The number of halogens is 2. The molecule has 0 aromatic heterocycles. The van der Waals surface area contributed by atoms with Crippen molar-refractivity contribution in [2.24, 2.45) is 5.73 Å². The smallest absolute Gasteiger partial charge is 0.411 e. The molecule has 0 bridgehead atoms. The van der Waals surface area contributed by atoms with E-state index in [2.05, 4.69) is 0 Å². The number of benzene rings is 3. The van der Waals surface area contributed by atoms with E-state index in [1.165, 1.54) is 11.9 Å². The molecule has 0 aliphatic rings. The predicted octanol–water partition coefficient (Wildman–Crippen LogP) is 5.22. The van der Waals surface area contributed by atoms with Crippen molar-refractivity contribution >= 4 is 23.6 Å². The van der Waals surface area contributed by atoms with Gasteiger partial charge in [0.25, 0.3) is 11.8 Å². The van der Waals surface area contributed by atoms with Crippen LogP contribution in [0.2, 0.25) is 0 Å². The van der Waals surface area contributed by atoms with Gasteiger partial charge in [0.15, 0.2) is 0 Å². The summed E-state index contributed by atoms with van der Waals surface area (Å²) in [5.74, 6) is -2.20. The van der Waals surface area contributed by atoms with Crippen molar-refractivity contribution in [2.45, 2.75) is 58.7 Å². The second-order valence-corrected chi connectivity index (χ2v) is 11.3. The molecule has 3 aromatic carbocycles. The Kier molecular flexibility index (Phi) is 12.6. The number of nitrogens with two attached hydrogens (primary N) is 1. The van der Waals surface area contributed by atoms with E-state index in [1.807, 2.05) is 13.8 Å². The molecule has 4 N–H and O–H groups in total. The van der Waals surface area contributed by atoms with Gasteiger partial charge in [-0.2, -0.15) is 0 Å². The highest BCUT2D eigenvalue weighted by Crippen LogP contribution is 2.21. The third-order valence-corrected chi connectivity index (χ3v) is 7.39. The minimum Gasteiger partial charge on any atom is -0.465 e. The van der Waals surface area contributed by atoms with Crippen LogP contribution in [0, 0.1) is 18.6 Å². The highest BCUT2D eigenvalue weighted by atomic mass is 19.1. The first-order chi connectivity index (χ1) is 21.3. The molecular weight excluding hydrogens is 582 g/mol. The zero-order valence-corrected chi connectivity index (χ0v) is 26.2. The van der Waals surface area contributed by atoms with Crippen LogP contribution in [-0.2, 0) is 13.0 Å². The molecule has 242 valence electrons. The molecular formula is C34H42F2N4O5. The number of aliphatic hydroxyl groups is 1. The van der Waals surface area contributed by atoms with Crippen LogP contribution in [0.3, 0.4) is 0 Å². The van der Waals surface area contributed by atoms with Crippen LogP contribution < -0.4 is 10.6 Å². The van der Waals surface area contributed by atoms with Crippen molar-refractivity contribution in [1.29, 1.82) is 0 Å². The standard InChI is InChI=1S/C34H42F2N4O5/c1-5-10-39(11-6-2)32(42)25-12-22(3)13-26(18-25)33(43)40(20-23-8-7-9-29(16-23)38(4)34(44)45)21-31(41)30(37)17-24-14-27(35)19-28(36)15-24/h7-9,12-16,18-19,30-31,41H,5-6,10-11,17,20-21,37H2,1-4H3,(H,44,45)/t30-,31+/m0/s1. The lowest BCUT2D eigenvalue weighted by atomic mass is 10.00. The van der Waals surface area contributed by atoms with E-state index >= 15 is 0 Å². The fourth-order valence-corrected chi connectivity index (χ4v) is 5.16. The maximum Gasteiger partial charge on any atom is 0.411 e. The molecule has 0 saturated carbocycles. The Morgan fingerprint density at radius 2 is 1.42 bits per heavy atom. The lowest BCUT2D eigenvalue weighted by molar-refractivity contribution is 0.0554. The van der Waals surface area contributed by atoms with Crippen LogP contribution in [0.1, 0.15) is 64.1 Å². The summed E-state index contributed by atoms with van der Waals surface area (Å²) in [6, 6.07) is 13.6. The molecule has 11 heteroatoms. The maximum atomic E-state index is 14.1. The highest BCUT2D eigenvalue weighted by Gasteiger charge is 2.26. The SMILES string of the molecule is CCCN(CCC)C(=O)c1cc(C)cc(C(=O)N(Cc2cccc(N(C)C(=O)O)c2)C[C@@H](O)[C@@H](N)Cc2cc(F)cc(F)c2)c1. The van der Waals surface area contributed by atoms with Crippen LogP contribution in [0.4, 0.5) is 19.3 Å². The van der Waals surface area contributed by atoms with Gasteiger partial charge in [-0.05, 0) is 85.3 Å². The van der Waals surface area contributed by atoms with Gasteiger partial charge in [-0.1, -0.05) is 26.0 Å². The Hall–Kier alpha value is -4.35. The number of nitrogens with zero attached hydrogens (tertiary/aromatic N) is 3. The van der Waals surface area contributed by atoms with E-state index in [4.69, 9.17) is 5.73 Å². The maximum absolute atomic E-state index is 14.1. The number of anilines is 1. The zero-order valence-electron chi connectivity index (χ0n) is 26.2. The summed E-state index contributed by atoms with van der Waals surface area (Å²) in [4.78, 5) is 43.2. The number of hydrogen-bond acceptors (Lipinski definition) is 5. The average molecular weight is 625 g/mol. The molecule has 0 aliphatic carbocycles. The number of rotatable bonds is 14. The topological polar surface area (TPSA) is 127 Å². The van der Waals surface area contributed by atoms with Gasteiger partial charge in [0, 0.05) is 62.1 Å². The van der Waals surface area contributed by atoms with Crippen LogP contribution >= 0.6 is 0 Å². The van der Waals surface area contributed by atoms with Crippen molar-refractivity contribution in [3.8, 4) is 0 Å². The number of carbonyl (C=O) groups excluding carboxylic acids is 2. The molecule has 0 spiro atoms. The van der Waals surface area contributed by atoms with Gasteiger partial charge >= 0.3 is 6.09 Å². The van der Waals surface area contributed by atoms with E-state index in [0.29, 0.717) is 35.5 Å². The average Bonchev–Trinajstić information content (AvgIpc) is 2.98. The molecule has 2 atom stereocenters. The normalized spacial score (nSPS) is 12.4. The van der Waals surface area contributed by atoms with Gasteiger partial charge in [-0.3, -0.25) is 14.5 Å². The summed E-state index contributed by atoms with van der Waals surface area (Å²) in [6.07, 6.45) is -0.931. The summed E-state index contributed by atoms with van der Waals surface area (Å²) in [5, 5.41) is 20.5. The number of carboxylic acid groups (broad SMARTS) is 1. The molecule has 0 heterocycles. The first-order valence-electron chi connectivity index (χ1n) is 15.0. The Morgan fingerprint density at radius 3 is 1.98 bits per heavy atom. The Morgan fingerprint density at radius 1 is 0.844 bits per heavy atom. The Labute approximate surface area is 262 Å². The van der Waals surface area contributed by atoms with Crippen LogP contribution in [0.5, 0.6) is 0 Å². The van der Waals surface area contributed by atoms with E-state index in [0.717, 1.165) is 35.9 Å². The minimum atomic E-state index is -1.29. The molecule has 0 fully saturated rings. The van der Waals surface area contributed by atoms with Crippen molar-refractivity contribution in [3.63, 3.8) is 0 Å². The van der Waals surface area contributed by atoms with Crippen LogP contribution in [-0.4, -0.2) is 76.7 Å². The number of carbonyl (C=O) groups is 3. The fourth-order valence-electron chi connectivity index (χ4n) is 5.16. The summed E-state index contributed by atoms with van der Waals surface area (Å²) < 4.78 is 27.5. The van der Waals surface area contributed by atoms with Crippen molar-refractivity contribution < 1.29 is 33.4 Å². The summed E-state index contributed by atoms with van der Waals surface area (Å²) in [5.41, 5.74) is 8.78. The highest BCUT2D eigenvalue weighted by molar-refractivity contribution is 6.00. The lowest BCUT2D eigenvalue weighted by Gasteiger charge is -2.29. The number of hydrogen-bond donors (Lipinski definition) is 3. The lowest BCUT2D eigenvalue weighted by Crippen LogP contribution is -2.46. The largest absolute Gasteiger partial charge is 0.465 e. The first kappa shape index (κ1) is 35.1. The molecule has 3 amide bonds. The van der Waals surface area contributed by atoms with E-state index in [9.17, 15) is 33.4 Å². The third-order valence-electron chi connectivity index (χ3n) is 7.39. The molecule has 0 aliphatic heterocycles. The summed E-state index contributed by atoms with van der Waals surface area (Å²) >= 11 is 0.